The summed E-state index contributed by atoms with van der Waals surface area (Å²) in [4.78, 5) is 20.2. The molecule has 0 unspecified atom stereocenters. The zero-order valence-corrected chi connectivity index (χ0v) is 6.95. The number of carbonyl (C=O) groups is 2. The topological polar surface area (TPSA) is 86.2 Å². The molecule has 0 aromatic rings. The summed E-state index contributed by atoms with van der Waals surface area (Å²) < 4.78 is 0. The van der Waals surface area contributed by atoms with E-state index >= 15 is 0 Å². The first-order valence-corrected chi connectivity index (χ1v) is 3.34. The fourth-order valence-corrected chi connectivity index (χ4v) is 0.399. The van der Waals surface area contributed by atoms with Crippen LogP contribution in [0.2, 0.25) is 0 Å². The van der Waals surface area contributed by atoms with Crippen molar-refractivity contribution in [2.45, 2.75) is 12.8 Å². The van der Waals surface area contributed by atoms with Crippen LogP contribution in [0.4, 0.5) is 0 Å². The van der Waals surface area contributed by atoms with Crippen molar-refractivity contribution in [1.29, 1.82) is 0 Å². The Kier molecular flexibility index (Phi) is 10.2. The van der Waals surface area contributed by atoms with Crippen LogP contribution in [-0.4, -0.2) is 11.8 Å². The van der Waals surface area contributed by atoms with E-state index in [9.17, 15) is 9.59 Å². The van der Waals surface area contributed by atoms with Crippen molar-refractivity contribution in [3.8, 4) is 0 Å². The predicted octanol–water partition coefficient (Wildman–Crippen LogP) is 0.0956. The van der Waals surface area contributed by atoms with Crippen molar-refractivity contribution < 1.29 is 9.59 Å². The monoisotopic (exact) mass is 170 g/mol. The summed E-state index contributed by atoms with van der Waals surface area (Å²) in [7, 11) is 0. The molecule has 0 radical (unpaired) electrons. The first-order valence-electron chi connectivity index (χ1n) is 3.34. The molecule has 0 atom stereocenters. The molecule has 68 valence electrons. The fourth-order valence-electron chi connectivity index (χ4n) is 0.399. The van der Waals surface area contributed by atoms with E-state index in [1.165, 1.54) is 12.2 Å². The van der Waals surface area contributed by atoms with Crippen molar-refractivity contribution >= 4 is 11.8 Å². The largest absolute Gasteiger partial charge is 0.369 e. The minimum atomic E-state index is -0.416. The Balaban J connectivity index is 0. The second-order valence-electron chi connectivity index (χ2n) is 1.81. The molecule has 0 aliphatic rings. The number of nitrogens with two attached hydrogens (primary N) is 2. The smallest absolute Gasteiger partial charge is 0.221 e. The van der Waals surface area contributed by atoms with Gasteiger partial charge in [0.05, 0.1) is 0 Å². The third kappa shape index (κ3) is 15.8. The summed E-state index contributed by atoms with van der Waals surface area (Å²) in [6.07, 6.45) is 3.36. The number of hydrogen-bond acceptors (Lipinski definition) is 2. The summed E-state index contributed by atoms with van der Waals surface area (Å²) in [6, 6.07) is 0. The van der Waals surface area contributed by atoms with Crippen molar-refractivity contribution in [3.05, 3.63) is 25.3 Å². The lowest BCUT2D eigenvalue weighted by Gasteiger charge is -1.84. The average Bonchev–Trinajstić information content (AvgIpc) is 2.02. The molecule has 0 bridgehead atoms. The van der Waals surface area contributed by atoms with Crippen LogP contribution in [0.15, 0.2) is 25.3 Å². The van der Waals surface area contributed by atoms with Crippen LogP contribution < -0.4 is 11.5 Å². The summed E-state index contributed by atoms with van der Waals surface area (Å²) in [5, 5.41) is 0. The second kappa shape index (κ2) is 9.42. The number of rotatable bonds is 4. The SMILES string of the molecule is C=C.NC(=O)CC=CCC(N)=O. The van der Waals surface area contributed by atoms with Crippen molar-refractivity contribution in [3.63, 3.8) is 0 Å². The maximum absolute atomic E-state index is 10.1. The maximum Gasteiger partial charge on any atom is 0.221 e. The Morgan fingerprint density at radius 2 is 1.25 bits per heavy atom. The molecule has 4 heteroatoms. The van der Waals surface area contributed by atoms with E-state index in [-0.39, 0.29) is 12.8 Å². The zero-order chi connectivity index (χ0) is 9.98. The van der Waals surface area contributed by atoms with Crippen molar-refractivity contribution in [1.82, 2.24) is 0 Å². The van der Waals surface area contributed by atoms with Crippen LogP contribution in [-0.2, 0) is 9.59 Å². The van der Waals surface area contributed by atoms with E-state index < -0.39 is 11.8 Å². The van der Waals surface area contributed by atoms with Gasteiger partial charge in [0, 0.05) is 12.8 Å². The fraction of sp³-hybridized carbons (Fsp3) is 0.250. The van der Waals surface area contributed by atoms with Gasteiger partial charge in [0.2, 0.25) is 11.8 Å². The maximum atomic E-state index is 10.1. The number of carbonyl (C=O) groups excluding carboxylic acids is 2. The molecule has 4 nitrogen and oxygen atoms in total. The minimum Gasteiger partial charge on any atom is -0.369 e. The molecule has 0 saturated carbocycles. The van der Waals surface area contributed by atoms with Gasteiger partial charge in [0.25, 0.3) is 0 Å². The summed E-state index contributed by atoms with van der Waals surface area (Å²) in [5.41, 5.74) is 9.61. The summed E-state index contributed by atoms with van der Waals surface area (Å²) in [5.74, 6) is -0.832. The Bertz CT molecular complexity index is 158. The molecule has 0 heterocycles. The van der Waals surface area contributed by atoms with Gasteiger partial charge in [-0.15, -0.1) is 13.2 Å². The molecule has 2 amide bonds. The first-order chi connectivity index (χ1) is 5.63. The Morgan fingerprint density at radius 3 is 1.42 bits per heavy atom. The standard InChI is InChI=1S/C6H10N2O2.C2H4/c7-5(9)3-1-2-4-6(8)10;1-2/h1-2H,3-4H2,(H2,7,9)(H2,8,10);1-2H2. The third-order valence-electron chi connectivity index (χ3n) is 0.805. The third-order valence-corrected chi connectivity index (χ3v) is 0.805. The van der Waals surface area contributed by atoms with E-state index in [0.29, 0.717) is 0 Å². The molecule has 0 aliphatic carbocycles. The van der Waals surface area contributed by atoms with E-state index in [2.05, 4.69) is 13.2 Å². The Hall–Kier alpha value is -1.58. The molecule has 0 rings (SSSR count). The first kappa shape index (κ1) is 13.0. The zero-order valence-electron chi connectivity index (χ0n) is 6.95. The van der Waals surface area contributed by atoms with Gasteiger partial charge in [-0.25, -0.2) is 0 Å². The van der Waals surface area contributed by atoms with E-state index in [1.807, 2.05) is 0 Å². The highest BCUT2D eigenvalue weighted by atomic mass is 16.1. The van der Waals surface area contributed by atoms with Gasteiger partial charge in [-0.3, -0.25) is 9.59 Å². The van der Waals surface area contributed by atoms with Crippen LogP contribution in [0.1, 0.15) is 12.8 Å². The highest BCUT2D eigenvalue weighted by molar-refractivity contribution is 5.77. The summed E-state index contributed by atoms with van der Waals surface area (Å²) in [6.45, 7) is 6.00. The summed E-state index contributed by atoms with van der Waals surface area (Å²) >= 11 is 0. The molecule has 0 aromatic heterocycles. The van der Waals surface area contributed by atoms with Crippen LogP contribution in [0, 0.1) is 0 Å². The van der Waals surface area contributed by atoms with Gasteiger partial charge in [0.15, 0.2) is 0 Å². The lowest BCUT2D eigenvalue weighted by atomic mass is 10.3. The van der Waals surface area contributed by atoms with Gasteiger partial charge in [-0.2, -0.15) is 0 Å². The van der Waals surface area contributed by atoms with Crippen LogP contribution >= 0.6 is 0 Å². The van der Waals surface area contributed by atoms with Crippen LogP contribution in [0.25, 0.3) is 0 Å². The predicted molar refractivity (Wildman–Crippen MR) is 48.0 cm³/mol. The number of hydrogen-bond donors (Lipinski definition) is 2. The Morgan fingerprint density at radius 1 is 1.00 bits per heavy atom. The van der Waals surface area contributed by atoms with Gasteiger partial charge in [-0.1, -0.05) is 12.2 Å². The highest BCUT2D eigenvalue weighted by Gasteiger charge is 1.88. The van der Waals surface area contributed by atoms with E-state index in [0.717, 1.165) is 0 Å². The molecule has 0 fully saturated rings. The lowest BCUT2D eigenvalue weighted by Crippen LogP contribution is -2.09. The Labute approximate surface area is 71.9 Å². The van der Waals surface area contributed by atoms with E-state index in [4.69, 9.17) is 11.5 Å². The van der Waals surface area contributed by atoms with Crippen LogP contribution in [0.3, 0.4) is 0 Å². The van der Waals surface area contributed by atoms with Gasteiger partial charge in [0.1, 0.15) is 0 Å². The molecule has 0 spiro atoms. The normalized spacial score (nSPS) is 8.67. The molecule has 0 aliphatic heterocycles. The molecular formula is C8H14N2O2. The molecule has 12 heavy (non-hydrogen) atoms. The molecule has 4 N–H and O–H groups in total. The van der Waals surface area contributed by atoms with Crippen molar-refractivity contribution in [2.24, 2.45) is 11.5 Å². The quantitative estimate of drug-likeness (QED) is 0.586. The average molecular weight is 170 g/mol. The molecule has 0 aromatic carbocycles. The van der Waals surface area contributed by atoms with Gasteiger partial charge < -0.3 is 11.5 Å². The number of amides is 2. The van der Waals surface area contributed by atoms with Gasteiger partial charge >= 0.3 is 0 Å². The van der Waals surface area contributed by atoms with Gasteiger partial charge in [-0.05, 0) is 0 Å². The molecule has 0 saturated heterocycles. The number of primary amides is 2. The second-order valence-corrected chi connectivity index (χ2v) is 1.81. The highest BCUT2D eigenvalue weighted by Crippen LogP contribution is 1.84. The van der Waals surface area contributed by atoms with Crippen molar-refractivity contribution in [2.75, 3.05) is 0 Å². The minimum absolute atomic E-state index is 0.160. The van der Waals surface area contributed by atoms with E-state index in [1.54, 1.807) is 0 Å². The lowest BCUT2D eigenvalue weighted by molar-refractivity contribution is -0.118. The van der Waals surface area contributed by atoms with Crippen LogP contribution in [0.5, 0.6) is 0 Å². The molecular weight excluding hydrogens is 156 g/mol.